The molecule has 2 amide bonds. The Labute approximate surface area is 125 Å². The lowest BCUT2D eigenvalue weighted by Gasteiger charge is -2.30. The Morgan fingerprint density at radius 3 is 2.71 bits per heavy atom. The summed E-state index contributed by atoms with van der Waals surface area (Å²) in [6.07, 6.45) is 1.20. The quantitative estimate of drug-likeness (QED) is 0.889. The molecule has 1 aromatic rings. The number of nitrogens with zero attached hydrogens (tertiary/aromatic N) is 1. The van der Waals surface area contributed by atoms with Crippen LogP contribution in [0.25, 0.3) is 0 Å². The van der Waals surface area contributed by atoms with Crippen molar-refractivity contribution in [3.8, 4) is 0 Å². The molecule has 2 N–H and O–H groups in total. The van der Waals surface area contributed by atoms with E-state index < -0.39 is 0 Å². The number of anilines is 1. The number of piperidine rings is 1. The van der Waals surface area contributed by atoms with Crippen molar-refractivity contribution >= 4 is 17.5 Å². The molecule has 1 unspecified atom stereocenters. The van der Waals surface area contributed by atoms with Gasteiger partial charge in [0, 0.05) is 37.8 Å². The predicted octanol–water partition coefficient (Wildman–Crippen LogP) is 1.86. The summed E-state index contributed by atoms with van der Waals surface area (Å²) in [7, 11) is 1.77. The molecule has 0 aromatic heterocycles. The fourth-order valence-electron chi connectivity index (χ4n) is 2.51. The topological polar surface area (TPSA) is 61.4 Å². The standard InChI is InChI=1S/C16H23N3O2/c1-11(2)17-14-7-5-4-6-13(14)16(21)18-12-8-9-15(20)19(3)10-12/h4-7,11-12,17H,8-10H2,1-3H3,(H,18,21). The van der Waals surface area contributed by atoms with E-state index in [1.54, 1.807) is 11.9 Å². The molecule has 2 rings (SSSR count). The van der Waals surface area contributed by atoms with Gasteiger partial charge in [-0.25, -0.2) is 0 Å². The molecule has 1 aliphatic heterocycles. The zero-order valence-corrected chi connectivity index (χ0v) is 12.8. The molecule has 1 aliphatic rings. The molecule has 1 heterocycles. The first-order valence-corrected chi connectivity index (χ1v) is 7.37. The van der Waals surface area contributed by atoms with Gasteiger partial charge in [-0.1, -0.05) is 12.1 Å². The Hall–Kier alpha value is -2.04. The molecular weight excluding hydrogens is 266 g/mol. The Morgan fingerprint density at radius 1 is 1.33 bits per heavy atom. The number of likely N-dealkylation sites (N-methyl/N-ethyl adjacent to an activating group) is 1. The van der Waals surface area contributed by atoms with Crippen molar-refractivity contribution in [1.29, 1.82) is 0 Å². The lowest BCUT2D eigenvalue weighted by atomic mass is 10.0. The average molecular weight is 289 g/mol. The molecule has 114 valence electrons. The minimum Gasteiger partial charge on any atom is -0.382 e. The number of carbonyl (C=O) groups excluding carboxylic acids is 2. The Morgan fingerprint density at radius 2 is 2.05 bits per heavy atom. The van der Waals surface area contributed by atoms with Crippen molar-refractivity contribution in [2.24, 2.45) is 0 Å². The van der Waals surface area contributed by atoms with Crippen LogP contribution in [0, 0.1) is 0 Å². The minimum absolute atomic E-state index is 0.0207. The molecule has 0 aliphatic carbocycles. The third-order valence-corrected chi connectivity index (χ3v) is 3.58. The number of rotatable bonds is 4. The van der Waals surface area contributed by atoms with E-state index in [0.717, 1.165) is 5.69 Å². The SMILES string of the molecule is CC(C)Nc1ccccc1C(=O)NC1CCC(=O)N(C)C1. The number of hydrogen-bond donors (Lipinski definition) is 2. The van der Waals surface area contributed by atoms with Gasteiger partial charge in [-0.15, -0.1) is 0 Å². The van der Waals surface area contributed by atoms with Crippen LogP contribution in [-0.2, 0) is 4.79 Å². The molecule has 1 aromatic carbocycles. The summed E-state index contributed by atoms with van der Waals surface area (Å²) in [5.74, 6) is 0.0499. The van der Waals surface area contributed by atoms with E-state index in [2.05, 4.69) is 10.6 Å². The van der Waals surface area contributed by atoms with Crippen LogP contribution in [0.1, 0.15) is 37.0 Å². The molecular formula is C16H23N3O2. The van der Waals surface area contributed by atoms with Gasteiger partial charge in [0.05, 0.1) is 5.56 Å². The van der Waals surface area contributed by atoms with E-state index in [0.29, 0.717) is 24.9 Å². The van der Waals surface area contributed by atoms with Gasteiger partial charge < -0.3 is 15.5 Å². The van der Waals surface area contributed by atoms with Crippen molar-refractivity contribution in [3.63, 3.8) is 0 Å². The fraction of sp³-hybridized carbons (Fsp3) is 0.500. The first-order valence-electron chi connectivity index (χ1n) is 7.37. The third kappa shape index (κ3) is 3.97. The lowest BCUT2D eigenvalue weighted by molar-refractivity contribution is -0.132. The monoisotopic (exact) mass is 289 g/mol. The molecule has 1 saturated heterocycles. The average Bonchev–Trinajstić information content (AvgIpc) is 2.43. The minimum atomic E-state index is -0.0912. The summed E-state index contributed by atoms with van der Waals surface area (Å²) in [4.78, 5) is 25.6. The smallest absolute Gasteiger partial charge is 0.253 e. The van der Waals surface area contributed by atoms with Gasteiger partial charge in [0.1, 0.15) is 0 Å². The molecule has 0 saturated carbocycles. The number of likely N-dealkylation sites (tertiary alicyclic amines) is 1. The van der Waals surface area contributed by atoms with Gasteiger partial charge in [0.15, 0.2) is 0 Å². The second kappa shape index (κ2) is 6.61. The van der Waals surface area contributed by atoms with Crippen molar-refractivity contribution in [3.05, 3.63) is 29.8 Å². The highest BCUT2D eigenvalue weighted by molar-refractivity contribution is 5.99. The Kier molecular flexibility index (Phi) is 4.83. The summed E-state index contributed by atoms with van der Waals surface area (Å²) in [5, 5.41) is 6.31. The number of benzene rings is 1. The lowest BCUT2D eigenvalue weighted by Crippen LogP contribution is -2.48. The normalized spacial score (nSPS) is 18.8. The van der Waals surface area contributed by atoms with Crippen molar-refractivity contribution < 1.29 is 9.59 Å². The molecule has 1 fully saturated rings. The van der Waals surface area contributed by atoms with Crippen molar-refractivity contribution in [1.82, 2.24) is 10.2 Å². The van der Waals surface area contributed by atoms with Crippen molar-refractivity contribution in [2.45, 2.75) is 38.8 Å². The van der Waals surface area contributed by atoms with Crippen LogP contribution in [0.15, 0.2) is 24.3 Å². The molecule has 0 radical (unpaired) electrons. The maximum Gasteiger partial charge on any atom is 0.253 e. The maximum absolute atomic E-state index is 12.4. The van der Waals surface area contributed by atoms with Gasteiger partial charge in [0.2, 0.25) is 5.91 Å². The zero-order valence-electron chi connectivity index (χ0n) is 12.8. The van der Waals surface area contributed by atoms with Crippen LogP contribution in [-0.4, -0.2) is 42.4 Å². The summed E-state index contributed by atoms with van der Waals surface area (Å²) in [5.41, 5.74) is 1.48. The van der Waals surface area contributed by atoms with E-state index in [1.807, 2.05) is 38.1 Å². The van der Waals surface area contributed by atoms with E-state index in [4.69, 9.17) is 0 Å². The zero-order chi connectivity index (χ0) is 15.4. The summed E-state index contributed by atoms with van der Waals surface area (Å²) >= 11 is 0. The van der Waals surface area contributed by atoms with E-state index >= 15 is 0 Å². The summed E-state index contributed by atoms with van der Waals surface area (Å²) in [6, 6.07) is 7.78. The molecule has 1 atom stereocenters. The second-order valence-corrected chi connectivity index (χ2v) is 5.83. The van der Waals surface area contributed by atoms with Gasteiger partial charge in [-0.05, 0) is 32.4 Å². The van der Waals surface area contributed by atoms with Crippen LogP contribution in [0.4, 0.5) is 5.69 Å². The fourth-order valence-corrected chi connectivity index (χ4v) is 2.51. The summed E-state index contributed by atoms with van der Waals surface area (Å²) < 4.78 is 0. The van der Waals surface area contributed by atoms with Gasteiger partial charge in [0.25, 0.3) is 5.91 Å². The van der Waals surface area contributed by atoms with Crippen LogP contribution in [0.5, 0.6) is 0 Å². The van der Waals surface area contributed by atoms with Crippen LogP contribution < -0.4 is 10.6 Å². The number of carbonyl (C=O) groups is 2. The van der Waals surface area contributed by atoms with E-state index in [-0.39, 0.29) is 23.9 Å². The highest BCUT2D eigenvalue weighted by Crippen LogP contribution is 2.17. The molecule has 5 heteroatoms. The maximum atomic E-state index is 12.4. The number of para-hydroxylation sites is 1. The third-order valence-electron chi connectivity index (χ3n) is 3.58. The van der Waals surface area contributed by atoms with Crippen LogP contribution >= 0.6 is 0 Å². The van der Waals surface area contributed by atoms with Gasteiger partial charge in [-0.2, -0.15) is 0 Å². The van der Waals surface area contributed by atoms with Crippen molar-refractivity contribution in [2.75, 3.05) is 18.9 Å². The molecule has 21 heavy (non-hydrogen) atoms. The van der Waals surface area contributed by atoms with E-state index in [1.165, 1.54) is 0 Å². The Bertz CT molecular complexity index is 528. The number of amides is 2. The first kappa shape index (κ1) is 15.4. The largest absolute Gasteiger partial charge is 0.382 e. The first-order chi connectivity index (χ1) is 9.97. The molecule has 5 nitrogen and oxygen atoms in total. The Balaban J connectivity index is 2.05. The molecule has 0 bridgehead atoms. The van der Waals surface area contributed by atoms with E-state index in [9.17, 15) is 9.59 Å². The van der Waals surface area contributed by atoms with Gasteiger partial charge >= 0.3 is 0 Å². The summed E-state index contributed by atoms with van der Waals surface area (Å²) in [6.45, 7) is 4.65. The van der Waals surface area contributed by atoms with Gasteiger partial charge in [-0.3, -0.25) is 9.59 Å². The molecule has 0 spiro atoms. The second-order valence-electron chi connectivity index (χ2n) is 5.83. The number of nitrogens with one attached hydrogen (secondary N) is 2. The number of hydrogen-bond acceptors (Lipinski definition) is 3. The van der Waals surface area contributed by atoms with Crippen LogP contribution in [0.3, 0.4) is 0 Å². The highest BCUT2D eigenvalue weighted by atomic mass is 16.2. The predicted molar refractivity (Wildman–Crippen MR) is 83.3 cm³/mol. The van der Waals surface area contributed by atoms with Crippen LogP contribution in [0.2, 0.25) is 0 Å². The highest BCUT2D eigenvalue weighted by Gasteiger charge is 2.24.